The Balaban J connectivity index is 3.25. The molecule has 0 bridgehead atoms. The zero-order valence-corrected chi connectivity index (χ0v) is 6.55. The van der Waals surface area contributed by atoms with Crippen LogP contribution in [0.25, 0.3) is 0 Å². The average Bonchev–Trinajstić information content (AvgIpc) is 1.65. The third-order valence-corrected chi connectivity index (χ3v) is 1.74. The van der Waals surface area contributed by atoms with E-state index in [1.54, 1.807) is 0 Å². The quantitative estimate of drug-likeness (QED) is 0.521. The summed E-state index contributed by atoms with van der Waals surface area (Å²) in [5.41, 5.74) is 0. The van der Waals surface area contributed by atoms with Crippen molar-refractivity contribution in [3.63, 3.8) is 0 Å². The lowest BCUT2D eigenvalue weighted by Crippen LogP contribution is -2.11. The van der Waals surface area contributed by atoms with Crippen LogP contribution in [-0.4, -0.2) is 24.0 Å². The van der Waals surface area contributed by atoms with Gasteiger partial charge >= 0.3 is 0 Å². The van der Waals surface area contributed by atoms with Gasteiger partial charge in [-0.2, -0.15) is 0 Å². The van der Waals surface area contributed by atoms with Gasteiger partial charge in [0.25, 0.3) is 0 Å². The Bertz CT molecular complexity index is 78.6. The fraction of sp³-hybridized carbons (Fsp3) is 0.833. The first kappa shape index (κ1) is 8.02. The standard InChI is InChI=1S/C6H13OS/c1-4-6(7)5-8(2)3/h4-5H2,1-3H3/q+1. The minimum absolute atomic E-state index is 0.305. The summed E-state index contributed by atoms with van der Waals surface area (Å²) in [5, 5.41) is 0. The Kier molecular flexibility index (Phi) is 3.97. The van der Waals surface area contributed by atoms with Crippen LogP contribution in [0.3, 0.4) is 0 Å². The maximum Gasteiger partial charge on any atom is 0.181 e. The molecule has 0 unspecified atom stereocenters. The Morgan fingerprint density at radius 3 is 2.12 bits per heavy atom. The molecule has 0 atom stereocenters. The van der Waals surface area contributed by atoms with Gasteiger partial charge in [-0.15, -0.1) is 0 Å². The second kappa shape index (κ2) is 3.96. The summed E-state index contributed by atoms with van der Waals surface area (Å²) in [6.07, 6.45) is 4.88. The molecule has 8 heavy (non-hydrogen) atoms. The monoisotopic (exact) mass is 133 g/mol. The van der Waals surface area contributed by atoms with Gasteiger partial charge in [0, 0.05) is 6.42 Å². The molecule has 48 valence electrons. The minimum Gasteiger partial charge on any atom is -0.294 e. The summed E-state index contributed by atoms with van der Waals surface area (Å²) in [6, 6.07) is 0. The normalized spacial score (nSPS) is 10.0. The Morgan fingerprint density at radius 2 is 2.00 bits per heavy atom. The number of hydrogen-bond acceptors (Lipinski definition) is 1. The molecule has 0 saturated heterocycles. The molecule has 0 rings (SSSR count). The van der Waals surface area contributed by atoms with Crippen molar-refractivity contribution in [2.24, 2.45) is 0 Å². The van der Waals surface area contributed by atoms with E-state index in [1.807, 2.05) is 6.92 Å². The molecule has 0 radical (unpaired) electrons. The van der Waals surface area contributed by atoms with Gasteiger partial charge in [0.05, 0.1) is 12.5 Å². The van der Waals surface area contributed by atoms with Gasteiger partial charge in [-0.25, -0.2) is 0 Å². The van der Waals surface area contributed by atoms with E-state index < -0.39 is 0 Å². The molecule has 0 N–H and O–H groups in total. The van der Waals surface area contributed by atoms with Gasteiger partial charge < -0.3 is 0 Å². The van der Waals surface area contributed by atoms with Gasteiger partial charge in [0.2, 0.25) is 0 Å². The van der Waals surface area contributed by atoms with Gasteiger partial charge in [0.1, 0.15) is 0 Å². The molecule has 0 aromatic heterocycles. The second-order valence-electron chi connectivity index (χ2n) is 2.02. The highest BCUT2D eigenvalue weighted by atomic mass is 32.2. The fourth-order valence-corrected chi connectivity index (χ4v) is 1.27. The van der Waals surface area contributed by atoms with E-state index in [0.29, 0.717) is 23.1 Å². The zero-order chi connectivity index (χ0) is 6.57. The van der Waals surface area contributed by atoms with Crippen molar-refractivity contribution >= 4 is 16.7 Å². The molecule has 0 aliphatic heterocycles. The van der Waals surface area contributed by atoms with Crippen LogP contribution in [0.1, 0.15) is 13.3 Å². The van der Waals surface area contributed by atoms with Crippen LogP contribution in [0.15, 0.2) is 0 Å². The predicted molar refractivity (Wildman–Crippen MR) is 39.4 cm³/mol. The summed E-state index contributed by atoms with van der Waals surface area (Å²) >= 11 is 0. The van der Waals surface area contributed by atoms with Crippen molar-refractivity contribution in [3.05, 3.63) is 0 Å². The van der Waals surface area contributed by atoms with Crippen LogP contribution in [0.4, 0.5) is 0 Å². The predicted octanol–water partition coefficient (Wildman–Crippen LogP) is 0.843. The number of carbonyl (C=O) groups is 1. The lowest BCUT2D eigenvalue weighted by Gasteiger charge is -1.90. The largest absolute Gasteiger partial charge is 0.294 e. The van der Waals surface area contributed by atoms with E-state index >= 15 is 0 Å². The first-order chi connectivity index (χ1) is 3.66. The van der Waals surface area contributed by atoms with Crippen molar-refractivity contribution in [1.29, 1.82) is 0 Å². The Labute approximate surface area is 53.8 Å². The fourth-order valence-electron chi connectivity index (χ4n) is 0.424. The summed E-state index contributed by atoms with van der Waals surface area (Å²) in [6.45, 7) is 1.91. The molecule has 0 aromatic carbocycles. The Morgan fingerprint density at radius 1 is 1.50 bits per heavy atom. The summed E-state index contributed by atoms with van der Waals surface area (Å²) in [4.78, 5) is 10.6. The van der Waals surface area contributed by atoms with E-state index in [0.717, 1.165) is 5.75 Å². The zero-order valence-electron chi connectivity index (χ0n) is 5.73. The lowest BCUT2D eigenvalue weighted by molar-refractivity contribution is -0.116. The van der Waals surface area contributed by atoms with E-state index in [1.165, 1.54) is 0 Å². The lowest BCUT2D eigenvalue weighted by atomic mass is 10.4. The van der Waals surface area contributed by atoms with E-state index in [2.05, 4.69) is 12.5 Å². The SMILES string of the molecule is CCC(=O)C[S+](C)C. The number of hydrogen-bond donors (Lipinski definition) is 0. The molecule has 0 heterocycles. The van der Waals surface area contributed by atoms with Crippen LogP contribution in [0, 0.1) is 0 Å². The van der Waals surface area contributed by atoms with Crippen molar-refractivity contribution in [1.82, 2.24) is 0 Å². The van der Waals surface area contributed by atoms with E-state index in [9.17, 15) is 4.79 Å². The molecule has 0 aliphatic carbocycles. The van der Waals surface area contributed by atoms with Crippen molar-refractivity contribution in [2.75, 3.05) is 18.3 Å². The minimum atomic E-state index is 0.305. The van der Waals surface area contributed by atoms with Gasteiger partial charge in [-0.05, 0) is 10.9 Å². The maximum atomic E-state index is 10.6. The molecule has 0 aliphatic rings. The number of carbonyl (C=O) groups excluding carboxylic acids is 1. The van der Waals surface area contributed by atoms with Gasteiger partial charge in [-0.1, -0.05) is 6.92 Å². The number of ketones is 1. The maximum absolute atomic E-state index is 10.6. The molecule has 1 nitrogen and oxygen atoms in total. The smallest absolute Gasteiger partial charge is 0.181 e. The summed E-state index contributed by atoms with van der Waals surface area (Å²) in [7, 11) is 0.305. The number of rotatable bonds is 3. The highest BCUT2D eigenvalue weighted by molar-refractivity contribution is 7.96. The van der Waals surface area contributed by atoms with Crippen molar-refractivity contribution in [3.8, 4) is 0 Å². The number of Topliss-reactive ketones (excluding diaryl/α,β-unsaturated/α-hetero) is 1. The van der Waals surface area contributed by atoms with Gasteiger partial charge in [-0.3, -0.25) is 4.79 Å². The molecule has 0 aromatic rings. The molecule has 0 amide bonds. The molecular weight excluding hydrogens is 120 g/mol. The van der Waals surface area contributed by atoms with Crippen LogP contribution >= 0.6 is 0 Å². The van der Waals surface area contributed by atoms with Crippen LogP contribution in [0.2, 0.25) is 0 Å². The second-order valence-corrected chi connectivity index (χ2v) is 4.28. The van der Waals surface area contributed by atoms with E-state index in [-0.39, 0.29) is 0 Å². The molecule has 0 fully saturated rings. The first-order valence-electron chi connectivity index (χ1n) is 2.72. The van der Waals surface area contributed by atoms with Crippen LogP contribution in [0.5, 0.6) is 0 Å². The first-order valence-corrected chi connectivity index (χ1v) is 4.93. The Hall–Kier alpha value is 0.0200. The van der Waals surface area contributed by atoms with Crippen LogP contribution < -0.4 is 0 Å². The molecule has 0 saturated carbocycles. The van der Waals surface area contributed by atoms with Gasteiger partial charge in [0.15, 0.2) is 11.5 Å². The highest BCUT2D eigenvalue weighted by Gasteiger charge is 2.07. The third-order valence-electron chi connectivity index (χ3n) is 0.844. The van der Waals surface area contributed by atoms with E-state index in [4.69, 9.17) is 0 Å². The summed E-state index contributed by atoms with van der Waals surface area (Å²) in [5.74, 6) is 1.16. The highest BCUT2D eigenvalue weighted by Crippen LogP contribution is 1.87. The van der Waals surface area contributed by atoms with Crippen molar-refractivity contribution in [2.45, 2.75) is 13.3 Å². The molecule has 2 heteroatoms. The molecule has 0 spiro atoms. The molecular formula is C6H13OS+. The van der Waals surface area contributed by atoms with Crippen molar-refractivity contribution < 1.29 is 4.79 Å². The van der Waals surface area contributed by atoms with Crippen LogP contribution in [-0.2, 0) is 15.7 Å². The average molecular weight is 133 g/mol. The third kappa shape index (κ3) is 4.19. The summed E-state index contributed by atoms with van der Waals surface area (Å²) < 4.78 is 0. The topological polar surface area (TPSA) is 17.1 Å².